The maximum Gasteiger partial charge on any atom is 0.394 e. The molecule has 1 aromatic rings. The van der Waals surface area contributed by atoms with Gasteiger partial charge in [0, 0.05) is 12.2 Å². The smallest absolute Gasteiger partial charge is 0.394 e. The first kappa shape index (κ1) is 14.8. The molecule has 0 bridgehead atoms. The zero-order valence-corrected chi connectivity index (χ0v) is 9.61. The van der Waals surface area contributed by atoms with Crippen LogP contribution in [0.5, 0.6) is 0 Å². The van der Waals surface area contributed by atoms with Crippen molar-refractivity contribution in [3.63, 3.8) is 0 Å². The van der Waals surface area contributed by atoms with E-state index in [-0.39, 0.29) is 6.61 Å². The van der Waals surface area contributed by atoms with E-state index in [2.05, 4.69) is 5.32 Å². The van der Waals surface area contributed by atoms with Crippen LogP contribution in [0, 0.1) is 6.92 Å². The average molecular weight is 249 g/mol. The second kappa shape index (κ2) is 7.18. The van der Waals surface area contributed by atoms with Gasteiger partial charge in [0.25, 0.3) is 0 Å². The van der Waals surface area contributed by atoms with Gasteiger partial charge in [-0.3, -0.25) is 9.11 Å². The second-order valence-electron chi connectivity index (χ2n) is 2.91. The van der Waals surface area contributed by atoms with Crippen LogP contribution >= 0.6 is 0 Å². The molecule has 0 spiro atoms. The van der Waals surface area contributed by atoms with E-state index in [4.69, 9.17) is 22.6 Å². The molecule has 0 aromatic heterocycles. The highest BCUT2D eigenvalue weighted by molar-refractivity contribution is 7.79. The van der Waals surface area contributed by atoms with Gasteiger partial charge in [-0.05, 0) is 18.6 Å². The predicted octanol–water partition coefficient (Wildman–Crippen LogP) is 0.746. The normalized spacial score (nSPS) is 10.2. The molecular formula is C9H15NO5S. The van der Waals surface area contributed by atoms with E-state index in [9.17, 15) is 0 Å². The summed E-state index contributed by atoms with van der Waals surface area (Å²) in [5.74, 6) is 0. The highest BCUT2D eigenvalue weighted by Crippen LogP contribution is 2.11. The summed E-state index contributed by atoms with van der Waals surface area (Å²) in [6.07, 6.45) is 0. The maximum absolute atomic E-state index is 8.74. The first-order chi connectivity index (χ1) is 7.34. The van der Waals surface area contributed by atoms with Gasteiger partial charge in [0.1, 0.15) is 0 Å². The first-order valence-electron chi connectivity index (χ1n) is 4.45. The maximum atomic E-state index is 8.74. The van der Waals surface area contributed by atoms with Crippen LogP contribution in [0.25, 0.3) is 0 Å². The predicted molar refractivity (Wildman–Crippen MR) is 60.9 cm³/mol. The number of para-hydroxylation sites is 1. The third-order valence-electron chi connectivity index (χ3n) is 1.57. The molecule has 0 radical (unpaired) electrons. The Morgan fingerprint density at radius 1 is 1.25 bits per heavy atom. The van der Waals surface area contributed by atoms with Crippen molar-refractivity contribution in [3.8, 4) is 0 Å². The SMILES string of the molecule is Cc1ccccc1NCCO.O=S(=O)(O)O. The van der Waals surface area contributed by atoms with E-state index in [1.165, 1.54) is 5.56 Å². The molecule has 0 aliphatic carbocycles. The summed E-state index contributed by atoms with van der Waals surface area (Å²) >= 11 is 0. The van der Waals surface area contributed by atoms with E-state index in [0.717, 1.165) is 5.69 Å². The fourth-order valence-electron chi connectivity index (χ4n) is 0.962. The summed E-state index contributed by atoms with van der Waals surface area (Å²) in [5, 5.41) is 11.7. The number of aliphatic hydroxyl groups excluding tert-OH is 1. The van der Waals surface area contributed by atoms with Gasteiger partial charge in [-0.2, -0.15) is 8.42 Å². The van der Waals surface area contributed by atoms with Crippen molar-refractivity contribution in [1.29, 1.82) is 0 Å². The number of hydrogen-bond acceptors (Lipinski definition) is 4. The quantitative estimate of drug-likeness (QED) is 0.589. The summed E-state index contributed by atoms with van der Waals surface area (Å²) in [6.45, 7) is 2.83. The van der Waals surface area contributed by atoms with Crippen molar-refractivity contribution in [2.45, 2.75) is 6.92 Å². The molecule has 0 saturated heterocycles. The van der Waals surface area contributed by atoms with Gasteiger partial charge in [0.05, 0.1) is 6.61 Å². The van der Waals surface area contributed by atoms with Crippen LogP contribution in [0.4, 0.5) is 5.69 Å². The van der Waals surface area contributed by atoms with E-state index in [1.807, 2.05) is 31.2 Å². The molecule has 4 N–H and O–H groups in total. The van der Waals surface area contributed by atoms with Crippen molar-refractivity contribution < 1.29 is 22.6 Å². The second-order valence-corrected chi connectivity index (χ2v) is 3.81. The van der Waals surface area contributed by atoms with Gasteiger partial charge in [0.15, 0.2) is 0 Å². The molecule has 0 amide bonds. The largest absolute Gasteiger partial charge is 0.395 e. The molecule has 92 valence electrons. The molecule has 0 saturated carbocycles. The summed E-state index contributed by atoms with van der Waals surface area (Å²) in [4.78, 5) is 0. The lowest BCUT2D eigenvalue weighted by Gasteiger charge is -2.06. The fraction of sp³-hybridized carbons (Fsp3) is 0.333. The fourth-order valence-corrected chi connectivity index (χ4v) is 0.962. The number of nitrogens with one attached hydrogen (secondary N) is 1. The number of rotatable bonds is 3. The Kier molecular flexibility index (Phi) is 6.66. The highest BCUT2D eigenvalue weighted by Gasteiger charge is 1.92. The van der Waals surface area contributed by atoms with Crippen molar-refractivity contribution >= 4 is 16.1 Å². The molecule has 1 aromatic carbocycles. The van der Waals surface area contributed by atoms with Gasteiger partial charge >= 0.3 is 10.4 Å². The molecule has 0 atom stereocenters. The lowest BCUT2D eigenvalue weighted by molar-refractivity contribution is 0.311. The Hall–Kier alpha value is -1.15. The van der Waals surface area contributed by atoms with Gasteiger partial charge in [-0.1, -0.05) is 18.2 Å². The lowest BCUT2D eigenvalue weighted by atomic mass is 10.2. The number of anilines is 1. The summed E-state index contributed by atoms with van der Waals surface area (Å²) in [7, 11) is -4.67. The first-order valence-corrected chi connectivity index (χ1v) is 5.84. The number of aliphatic hydroxyl groups is 1. The van der Waals surface area contributed by atoms with Crippen LogP contribution in [0.2, 0.25) is 0 Å². The van der Waals surface area contributed by atoms with Gasteiger partial charge in [0.2, 0.25) is 0 Å². The Morgan fingerprint density at radius 3 is 2.19 bits per heavy atom. The zero-order chi connectivity index (χ0) is 12.6. The number of aryl methyl sites for hydroxylation is 1. The van der Waals surface area contributed by atoms with E-state index in [1.54, 1.807) is 0 Å². The molecule has 16 heavy (non-hydrogen) atoms. The standard InChI is InChI=1S/C9H13NO.H2O4S/c1-8-4-2-3-5-9(8)10-6-7-11;1-5(2,3)4/h2-5,10-11H,6-7H2,1H3;(H2,1,2,3,4). The van der Waals surface area contributed by atoms with E-state index < -0.39 is 10.4 Å². The van der Waals surface area contributed by atoms with Gasteiger partial charge in [-0.25, -0.2) is 0 Å². The molecule has 0 unspecified atom stereocenters. The van der Waals surface area contributed by atoms with Crippen LogP contribution in [-0.2, 0) is 10.4 Å². The topological polar surface area (TPSA) is 107 Å². The lowest BCUT2D eigenvalue weighted by Crippen LogP contribution is -2.06. The Bertz CT molecular complexity index is 396. The van der Waals surface area contributed by atoms with E-state index >= 15 is 0 Å². The minimum Gasteiger partial charge on any atom is -0.395 e. The molecule has 0 aliphatic heterocycles. The van der Waals surface area contributed by atoms with Crippen molar-refractivity contribution in [2.24, 2.45) is 0 Å². The van der Waals surface area contributed by atoms with Crippen LogP contribution in [0.3, 0.4) is 0 Å². The van der Waals surface area contributed by atoms with Crippen LogP contribution in [0.1, 0.15) is 5.56 Å². The van der Waals surface area contributed by atoms with Crippen molar-refractivity contribution in [2.75, 3.05) is 18.5 Å². The third-order valence-corrected chi connectivity index (χ3v) is 1.57. The van der Waals surface area contributed by atoms with Crippen molar-refractivity contribution in [1.82, 2.24) is 0 Å². The summed E-state index contributed by atoms with van der Waals surface area (Å²) < 4.78 is 31.6. The van der Waals surface area contributed by atoms with Crippen molar-refractivity contribution in [3.05, 3.63) is 29.8 Å². The van der Waals surface area contributed by atoms with Crippen LogP contribution < -0.4 is 5.32 Å². The molecule has 6 nitrogen and oxygen atoms in total. The highest BCUT2D eigenvalue weighted by atomic mass is 32.3. The zero-order valence-electron chi connectivity index (χ0n) is 8.79. The van der Waals surface area contributed by atoms with Crippen LogP contribution in [0.15, 0.2) is 24.3 Å². The van der Waals surface area contributed by atoms with E-state index in [0.29, 0.717) is 6.54 Å². The molecule has 7 heteroatoms. The monoisotopic (exact) mass is 249 g/mol. The Labute approximate surface area is 94.5 Å². The Morgan fingerprint density at radius 2 is 1.75 bits per heavy atom. The molecule has 0 aliphatic rings. The van der Waals surface area contributed by atoms with Gasteiger partial charge in [-0.15, -0.1) is 0 Å². The van der Waals surface area contributed by atoms with Gasteiger partial charge < -0.3 is 10.4 Å². The summed E-state index contributed by atoms with van der Waals surface area (Å²) in [5.41, 5.74) is 2.31. The minimum absolute atomic E-state index is 0.175. The number of hydrogen-bond donors (Lipinski definition) is 4. The molecule has 1 rings (SSSR count). The number of benzene rings is 1. The molecule has 0 heterocycles. The third kappa shape index (κ3) is 9.41. The Balaban J connectivity index is 0.000000385. The molecular weight excluding hydrogens is 234 g/mol. The van der Waals surface area contributed by atoms with Crippen LogP contribution in [-0.4, -0.2) is 35.8 Å². The average Bonchev–Trinajstić information content (AvgIpc) is 2.14. The summed E-state index contributed by atoms with van der Waals surface area (Å²) in [6, 6.07) is 8.02. The minimum atomic E-state index is -4.67. The molecule has 0 fully saturated rings.